The Morgan fingerprint density at radius 1 is 1.24 bits per heavy atom. The minimum absolute atomic E-state index is 0.0709. The van der Waals surface area contributed by atoms with Crippen LogP contribution in [0.2, 0.25) is 0 Å². The number of amides is 1. The number of morpholine rings is 1. The molecule has 0 spiro atoms. The Balaban J connectivity index is 1.65. The number of nitrogens with one attached hydrogen (secondary N) is 2. The van der Waals surface area contributed by atoms with Crippen molar-refractivity contribution in [2.45, 2.75) is 4.90 Å². The Hall–Kier alpha value is -2.63. The standard InChI is InChI=1S/C14H16N6O4S/c21-13(15-14-16-18-19-17-14)6-3-11-1-4-12(5-2-11)25(22,23)20-7-9-24-10-8-20/h1-6H,7-10H2,(H2,15,16,17,18,19,21). The first-order chi connectivity index (χ1) is 12.1. The van der Waals surface area contributed by atoms with Crippen molar-refractivity contribution in [1.29, 1.82) is 0 Å². The highest BCUT2D eigenvalue weighted by atomic mass is 32.2. The normalized spacial score (nSPS) is 16.2. The SMILES string of the molecule is O=C(C=Cc1ccc(S(=O)(=O)N2CCOCC2)cc1)Nc1nn[nH]n1. The molecule has 11 heteroatoms. The van der Waals surface area contributed by atoms with Crippen LogP contribution in [0.15, 0.2) is 35.2 Å². The molecule has 1 aliphatic heterocycles. The highest BCUT2D eigenvalue weighted by molar-refractivity contribution is 7.89. The number of nitrogens with zero attached hydrogens (tertiary/aromatic N) is 4. The molecule has 1 amide bonds. The van der Waals surface area contributed by atoms with E-state index in [0.717, 1.165) is 0 Å². The molecule has 132 valence electrons. The molecule has 3 rings (SSSR count). The summed E-state index contributed by atoms with van der Waals surface area (Å²) in [6, 6.07) is 6.29. The third-order valence-electron chi connectivity index (χ3n) is 3.50. The topological polar surface area (TPSA) is 130 Å². The number of aromatic amines is 1. The van der Waals surface area contributed by atoms with E-state index in [0.29, 0.717) is 31.9 Å². The zero-order valence-corrected chi connectivity index (χ0v) is 13.9. The van der Waals surface area contributed by atoms with E-state index in [2.05, 4.69) is 25.9 Å². The fraction of sp³-hybridized carbons (Fsp3) is 0.286. The maximum absolute atomic E-state index is 12.5. The summed E-state index contributed by atoms with van der Waals surface area (Å²) in [6.07, 6.45) is 2.85. The van der Waals surface area contributed by atoms with Crippen LogP contribution >= 0.6 is 0 Å². The van der Waals surface area contributed by atoms with E-state index in [9.17, 15) is 13.2 Å². The van der Waals surface area contributed by atoms with E-state index < -0.39 is 15.9 Å². The van der Waals surface area contributed by atoms with Gasteiger partial charge in [-0.3, -0.25) is 10.1 Å². The molecule has 10 nitrogen and oxygen atoms in total. The number of ether oxygens (including phenoxy) is 1. The Labute approximate surface area is 143 Å². The molecule has 1 fully saturated rings. The molecule has 0 unspecified atom stereocenters. The van der Waals surface area contributed by atoms with Crippen molar-refractivity contribution in [3.63, 3.8) is 0 Å². The van der Waals surface area contributed by atoms with Crippen LogP contribution in [0.25, 0.3) is 6.08 Å². The van der Waals surface area contributed by atoms with Crippen molar-refractivity contribution in [2.24, 2.45) is 0 Å². The van der Waals surface area contributed by atoms with Gasteiger partial charge in [0.15, 0.2) is 0 Å². The monoisotopic (exact) mass is 364 g/mol. The number of hydrogen-bond acceptors (Lipinski definition) is 7. The first kappa shape index (κ1) is 17.2. The lowest BCUT2D eigenvalue weighted by molar-refractivity contribution is -0.111. The van der Waals surface area contributed by atoms with Crippen LogP contribution in [0.5, 0.6) is 0 Å². The largest absolute Gasteiger partial charge is 0.379 e. The van der Waals surface area contributed by atoms with Crippen molar-refractivity contribution in [1.82, 2.24) is 24.9 Å². The van der Waals surface area contributed by atoms with Crippen molar-refractivity contribution in [3.8, 4) is 0 Å². The van der Waals surface area contributed by atoms with Gasteiger partial charge in [0.2, 0.25) is 10.0 Å². The van der Waals surface area contributed by atoms with Gasteiger partial charge in [-0.2, -0.15) is 9.52 Å². The lowest BCUT2D eigenvalue weighted by Gasteiger charge is -2.26. The van der Waals surface area contributed by atoms with Crippen molar-refractivity contribution >= 4 is 28.0 Å². The predicted molar refractivity (Wildman–Crippen MR) is 87.9 cm³/mol. The Bertz CT molecular complexity index is 842. The van der Waals surface area contributed by atoms with Gasteiger partial charge >= 0.3 is 0 Å². The van der Waals surface area contributed by atoms with Gasteiger partial charge in [-0.15, -0.1) is 5.10 Å². The molecule has 0 bridgehead atoms. The second kappa shape index (κ2) is 7.51. The number of H-pyrrole nitrogens is 1. The zero-order chi connectivity index (χ0) is 17.7. The van der Waals surface area contributed by atoms with E-state index >= 15 is 0 Å². The maximum atomic E-state index is 12.5. The fourth-order valence-corrected chi connectivity index (χ4v) is 3.63. The second-order valence-electron chi connectivity index (χ2n) is 5.14. The molecule has 1 aromatic carbocycles. The van der Waals surface area contributed by atoms with E-state index in [1.54, 1.807) is 18.2 Å². The van der Waals surface area contributed by atoms with Gasteiger partial charge in [0.05, 0.1) is 18.1 Å². The van der Waals surface area contributed by atoms with E-state index in [-0.39, 0.29) is 10.8 Å². The number of benzene rings is 1. The van der Waals surface area contributed by atoms with E-state index in [4.69, 9.17) is 4.74 Å². The van der Waals surface area contributed by atoms with Crippen molar-refractivity contribution < 1.29 is 17.9 Å². The van der Waals surface area contributed by atoms with E-state index in [1.165, 1.54) is 22.5 Å². The first-order valence-corrected chi connectivity index (χ1v) is 8.90. The molecule has 0 saturated carbocycles. The average Bonchev–Trinajstić information content (AvgIpc) is 3.14. The summed E-state index contributed by atoms with van der Waals surface area (Å²) < 4.78 is 31.6. The number of rotatable bonds is 5. The Morgan fingerprint density at radius 3 is 2.60 bits per heavy atom. The molecule has 2 aromatic rings. The summed E-state index contributed by atoms with van der Waals surface area (Å²) in [5.41, 5.74) is 0.684. The third-order valence-corrected chi connectivity index (χ3v) is 5.41. The second-order valence-corrected chi connectivity index (χ2v) is 7.08. The first-order valence-electron chi connectivity index (χ1n) is 7.46. The molecular weight excluding hydrogens is 348 g/mol. The zero-order valence-electron chi connectivity index (χ0n) is 13.1. The van der Waals surface area contributed by atoms with Gasteiger partial charge in [-0.05, 0) is 29.0 Å². The summed E-state index contributed by atoms with van der Waals surface area (Å²) in [5.74, 6) is -0.354. The summed E-state index contributed by atoms with van der Waals surface area (Å²) in [7, 11) is -3.52. The van der Waals surface area contributed by atoms with E-state index in [1.807, 2.05) is 0 Å². The number of carbonyl (C=O) groups is 1. The van der Waals surface area contributed by atoms with Gasteiger partial charge in [0.1, 0.15) is 0 Å². The Kier molecular flexibility index (Phi) is 5.16. The molecule has 1 aliphatic rings. The smallest absolute Gasteiger partial charge is 0.270 e. The molecule has 2 N–H and O–H groups in total. The summed E-state index contributed by atoms with van der Waals surface area (Å²) in [6.45, 7) is 1.49. The Morgan fingerprint density at radius 2 is 1.96 bits per heavy atom. The summed E-state index contributed by atoms with van der Waals surface area (Å²) in [4.78, 5) is 11.9. The molecule has 25 heavy (non-hydrogen) atoms. The minimum Gasteiger partial charge on any atom is -0.379 e. The lowest BCUT2D eigenvalue weighted by atomic mass is 10.2. The number of hydrogen-bond donors (Lipinski definition) is 2. The molecule has 0 atom stereocenters. The van der Waals surface area contributed by atoms with Crippen LogP contribution in [0, 0.1) is 0 Å². The predicted octanol–water partition coefficient (Wildman–Crippen LogP) is -0.128. The highest BCUT2D eigenvalue weighted by Crippen LogP contribution is 2.18. The van der Waals surface area contributed by atoms with Crippen LogP contribution in [-0.4, -0.2) is 65.6 Å². The molecule has 2 heterocycles. The van der Waals surface area contributed by atoms with Crippen LogP contribution in [0.1, 0.15) is 5.56 Å². The van der Waals surface area contributed by atoms with Gasteiger partial charge in [0.25, 0.3) is 11.9 Å². The van der Waals surface area contributed by atoms with Crippen LogP contribution in [0.4, 0.5) is 5.95 Å². The quantitative estimate of drug-likeness (QED) is 0.707. The van der Waals surface area contributed by atoms with Crippen molar-refractivity contribution in [2.75, 3.05) is 31.6 Å². The molecule has 0 aliphatic carbocycles. The van der Waals surface area contributed by atoms with Crippen molar-refractivity contribution in [3.05, 3.63) is 35.9 Å². The number of carbonyl (C=O) groups excluding carboxylic acids is 1. The number of tetrazole rings is 1. The molecular formula is C14H16N6O4S. The van der Waals surface area contributed by atoms with Gasteiger partial charge < -0.3 is 4.74 Å². The van der Waals surface area contributed by atoms with Gasteiger partial charge in [-0.1, -0.05) is 17.2 Å². The molecule has 1 aromatic heterocycles. The van der Waals surface area contributed by atoms with Gasteiger partial charge in [-0.25, -0.2) is 8.42 Å². The minimum atomic E-state index is -3.52. The van der Waals surface area contributed by atoms with Crippen LogP contribution in [0.3, 0.4) is 0 Å². The van der Waals surface area contributed by atoms with Crippen LogP contribution in [-0.2, 0) is 19.6 Å². The van der Waals surface area contributed by atoms with Gasteiger partial charge in [0, 0.05) is 19.2 Å². The third kappa shape index (κ3) is 4.26. The summed E-state index contributed by atoms with van der Waals surface area (Å²) >= 11 is 0. The highest BCUT2D eigenvalue weighted by Gasteiger charge is 2.25. The molecule has 1 saturated heterocycles. The molecule has 0 radical (unpaired) electrons. The number of aromatic nitrogens is 4. The summed E-state index contributed by atoms with van der Waals surface area (Å²) in [5, 5.41) is 15.2. The fourth-order valence-electron chi connectivity index (χ4n) is 2.23. The van der Waals surface area contributed by atoms with Crippen LogP contribution < -0.4 is 5.32 Å². The lowest BCUT2D eigenvalue weighted by Crippen LogP contribution is -2.40. The maximum Gasteiger partial charge on any atom is 0.270 e. The number of anilines is 1. The number of sulfonamides is 1. The average molecular weight is 364 g/mol.